The van der Waals surface area contributed by atoms with E-state index in [0.29, 0.717) is 26.2 Å². The topological polar surface area (TPSA) is 98.5 Å². The number of aromatic nitrogens is 3. The lowest BCUT2D eigenvalue weighted by atomic mass is 10.3. The van der Waals surface area contributed by atoms with Crippen molar-refractivity contribution in [3.8, 4) is 0 Å². The van der Waals surface area contributed by atoms with Crippen LogP contribution in [0.1, 0.15) is 10.5 Å². The quantitative estimate of drug-likeness (QED) is 0.561. The van der Waals surface area contributed by atoms with E-state index in [0.717, 1.165) is 0 Å². The molecule has 0 saturated carbocycles. The fourth-order valence-electron chi connectivity index (χ4n) is 1.36. The van der Waals surface area contributed by atoms with Crippen molar-refractivity contribution in [1.82, 2.24) is 20.3 Å². The molecule has 8 heteroatoms. The molecule has 0 aliphatic rings. The van der Waals surface area contributed by atoms with Crippen LogP contribution in [0.5, 0.6) is 0 Å². The Bertz CT molecular complexity index is 369. The van der Waals surface area contributed by atoms with Gasteiger partial charge in [-0.25, -0.2) is 4.79 Å². The number of carboxylic acid groups (broad SMARTS) is 1. The molecule has 0 saturated heterocycles. The third kappa shape index (κ3) is 4.78. The summed E-state index contributed by atoms with van der Waals surface area (Å²) in [5.74, 6) is -1.08. The minimum Gasteiger partial charge on any atom is -0.476 e. The van der Waals surface area contributed by atoms with Crippen molar-refractivity contribution < 1.29 is 19.4 Å². The van der Waals surface area contributed by atoms with Crippen LogP contribution < -0.4 is 5.32 Å². The van der Waals surface area contributed by atoms with Crippen molar-refractivity contribution in [1.29, 1.82) is 0 Å². The van der Waals surface area contributed by atoms with Gasteiger partial charge in [-0.15, -0.1) is 5.10 Å². The Hall–Kier alpha value is -1.51. The van der Waals surface area contributed by atoms with E-state index in [2.05, 4.69) is 15.6 Å². The highest BCUT2D eigenvalue weighted by Crippen LogP contribution is 1.92. The van der Waals surface area contributed by atoms with E-state index in [1.165, 1.54) is 10.9 Å². The molecule has 1 aromatic rings. The summed E-state index contributed by atoms with van der Waals surface area (Å²) in [7, 11) is 3.25. The smallest absolute Gasteiger partial charge is 0.358 e. The molecule has 0 aromatic carbocycles. The first-order chi connectivity index (χ1) is 8.67. The summed E-state index contributed by atoms with van der Waals surface area (Å²) < 4.78 is 11.6. The van der Waals surface area contributed by atoms with E-state index in [9.17, 15) is 4.79 Å². The lowest BCUT2D eigenvalue weighted by molar-refractivity contribution is 0.0289. The molecule has 0 aliphatic heterocycles. The Morgan fingerprint density at radius 3 is 2.94 bits per heavy atom. The summed E-state index contributed by atoms with van der Waals surface area (Å²) in [4.78, 5) is 10.6. The minimum atomic E-state index is -1.08. The van der Waals surface area contributed by atoms with E-state index < -0.39 is 5.97 Å². The Morgan fingerprint density at radius 2 is 2.39 bits per heavy atom. The number of aromatic carboxylic acids is 1. The fourth-order valence-corrected chi connectivity index (χ4v) is 1.36. The number of ether oxygens (including phenoxy) is 2. The van der Waals surface area contributed by atoms with E-state index in [1.54, 1.807) is 14.2 Å². The van der Waals surface area contributed by atoms with Gasteiger partial charge in [0.15, 0.2) is 5.69 Å². The van der Waals surface area contributed by atoms with E-state index in [1.807, 2.05) is 0 Å². The van der Waals surface area contributed by atoms with Gasteiger partial charge in [-0.05, 0) is 0 Å². The predicted octanol–water partition coefficient (Wildman–Crippen LogP) is -0.773. The summed E-state index contributed by atoms with van der Waals surface area (Å²) >= 11 is 0. The molecule has 18 heavy (non-hydrogen) atoms. The molecule has 1 atom stereocenters. The highest BCUT2D eigenvalue weighted by Gasteiger charge is 2.08. The number of rotatable bonds is 9. The summed E-state index contributed by atoms with van der Waals surface area (Å²) in [6, 6.07) is 0. The van der Waals surface area contributed by atoms with Crippen molar-refractivity contribution in [2.24, 2.45) is 0 Å². The van der Waals surface area contributed by atoms with Crippen LogP contribution in [0.4, 0.5) is 0 Å². The molecule has 2 N–H and O–H groups in total. The van der Waals surface area contributed by atoms with Gasteiger partial charge in [0.05, 0.1) is 25.5 Å². The number of carboxylic acids is 1. The molecule has 0 fully saturated rings. The first-order valence-corrected chi connectivity index (χ1v) is 5.53. The van der Waals surface area contributed by atoms with Crippen LogP contribution in [0.15, 0.2) is 6.20 Å². The average Bonchev–Trinajstić information content (AvgIpc) is 2.82. The zero-order valence-electron chi connectivity index (χ0n) is 10.5. The van der Waals surface area contributed by atoms with E-state index >= 15 is 0 Å². The summed E-state index contributed by atoms with van der Waals surface area (Å²) in [5, 5.41) is 19.1. The second kappa shape index (κ2) is 7.75. The summed E-state index contributed by atoms with van der Waals surface area (Å²) in [6.45, 7) is 2.37. The molecule has 0 radical (unpaired) electrons. The largest absolute Gasteiger partial charge is 0.476 e. The molecule has 1 rings (SSSR count). The molecule has 1 heterocycles. The number of carbonyl (C=O) groups is 1. The second-order valence-electron chi connectivity index (χ2n) is 3.69. The standard InChI is InChI=1S/C10H18N4O4/c1-17-7-8(18-2)5-11-3-4-14-6-9(10(15)16)12-13-14/h6,8,11H,3-5,7H2,1-2H3,(H,15,16). The monoisotopic (exact) mass is 258 g/mol. The maximum atomic E-state index is 10.6. The van der Waals surface area contributed by atoms with Crippen LogP contribution in [0.3, 0.4) is 0 Å². The van der Waals surface area contributed by atoms with Crippen LogP contribution >= 0.6 is 0 Å². The molecule has 0 amide bonds. The maximum Gasteiger partial charge on any atom is 0.358 e. The zero-order chi connectivity index (χ0) is 13.4. The predicted molar refractivity (Wildman–Crippen MR) is 62.5 cm³/mol. The molecule has 1 unspecified atom stereocenters. The van der Waals surface area contributed by atoms with Gasteiger partial charge in [-0.3, -0.25) is 4.68 Å². The third-order valence-electron chi connectivity index (χ3n) is 2.33. The van der Waals surface area contributed by atoms with Gasteiger partial charge in [-0.2, -0.15) is 0 Å². The molecular weight excluding hydrogens is 240 g/mol. The van der Waals surface area contributed by atoms with Crippen LogP contribution in [0, 0.1) is 0 Å². The summed E-state index contributed by atoms with van der Waals surface area (Å²) in [5.41, 5.74) is -0.0517. The van der Waals surface area contributed by atoms with Crippen molar-refractivity contribution in [3.63, 3.8) is 0 Å². The molecule has 0 bridgehead atoms. The highest BCUT2D eigenvalue weighted by atomic mass is 16.5. The SMILES string of the molecule is COCC(CNCCn1cc(C(=O)O)nn1)OC. The van der Waals surface area contributed by atoms with Gasteiger partial charge in [0.1, 0.15) is 0 Å². The molecule has 0 spiro atoms. The Labute approximate surface area is 105 Å². The Balaban J connectivity index is 2.22. The third-order valence-corrected chi connectivity index (χ3v) is 2.33. The number of hydrogen-bond acceptors (Lipinski definition) is 6. The van der Waals surface area contributed by atoms with Gasteiger partial charge in [0.25, 0.3) is 0 Å². The first kappa shape index (κ1) is 14.6. The number of hydrogen-bond donors (Lipinski definition) is 2. The average molecular weight is 258 g/mol. The van der Waals surface area contributed by atoms with Crippen LogP contribution in [-0.4, -0.2) is 66.1 Å². The maximum absolute atomic E-state index is 10.6. The van der Waals surface area contributed by atoms with Gasteiger partial charge in [0.2, 0.25) is 0 Å². The van der Waals surface area contributed by atoms with E-state index in [-0.39, 0.29) is 11.8 Å². The Kier molecular flexibility index (Phi) is 6.26. The van der Waals surface area contributed by atoms with Gasteiger partial charge < -0.3 is 19.9 Å². The first-order valence-electron chi connectivity index (χ1n) is 5.53. The fraction of sp³-hybridized carbons (Fsp3) is 0.700. The second-order valence-corrected chi connectivity index (χ2v) is 3.69. The number of nitrogens with one attached hydrogen (secondary N) is 1. The molecule has 102 valence electrons. The normalized spacial score (nSPS) is 12.6. The van der Waals surface area contributed by atoms with Gasteiger partial charge in [-0.1, -0.05) is 5.21 Å². The summed E-state index contributed by atoms with van der Waals surface area (Å²) in [6.07, 6.45) is 1.40. The van der Waals surface area contributed by atoms with Crippen molar-refractivity contribution in [2.45, 2.75) is 12.6 Å². The van der Waals surface area contributed by atoms with Crippen LogP contribution in [0.2, 0.25) is 0 Å². The molecular formula is C10H18N4O4. The number of methoxy groups -OCH3 is 2. The molecule has 0 aliphatic carbocycles. The highest BCUT2D eigenvalue weighted by molar-refractivity contribution is 5.84. The number of nitrogens with zero attached hydrogens (tertiary/aromatic N) is 3. The molecule has 1 aromatic heterocycles. The van der Waals surface area contributed by atoms with Crippen LogP contribution in [0.25, 0.3) is 0 Å². The Morgan fingerprint density at radius 1 is 1.61 bits per heavy atom. The van der Waals surface area contributed by atoms with Gasteiger partial charge >= 0.3 is 5.97 Å². The van der Waals surface area contributed by atoms with Crippen LogP contribution in [-0.2, 0) is 16.0 Å². The van der Waals surface area contributed by atoms with Crippen molar-refractivity contribution in [2.75, 3.05) is 33.9 Å². The zero-order valence-corrected chi connectivity index (χ0v) is 10.5. The van der Waals surface area contributed by atoms with Crippen molar-refractivity contribution in [3.05, 3.63) is 11.9 Å². The van der Waals surface area contributed by atoms with E-state index in [4.69, 9.17) is 14.6 Å². The lowest BCUT2D eigenvalue weighted by Gasteiger charge is -2.14. The van der Waals surface area contributed by atoms with Crippen molar-refractivity contribution >= 4 is 5.97 Å². The minimum absolute atomic E-state index is 0.000303. The molecule has 8 nitrogen and oxygen atoms in total. The van der Waals surface area contributed by atoms with Gasteiger partial charge in [0, 0.05) is 27.3 Å². The lowest BCUT2D eigenvalue weighted by Crippen LogP contribution is -2.33.